The Balaban J connectivity index is 2.00. The van der Waals surface area contributed by atoms with E-state index < -0.39 is 0 Å². The largest absolute Gasteiger partial charge is 0.497 e. The van der Waals surface area contributed by atoms with Gasteiger partial charge >= 0.3 is 0 Å². The highest BCUT2D eigenvalue weighted by Gasteiger charge is 2.23. The summed E-state index contributed by atoms with van der Waals surface area (Å²) in [4.78, 5) is 12.8. The molecule has 1 atom stereocenters. The third kappa shape index (κ3) is 4.94. The number of aromatic nitrogens is 1. The maximum Gasteiger partial charge on any atom is 0.220 e. The van der Waals surface area contributed by atoms with Crippen LogP contribution >= 0.6 is 0 Å². The Labute approximate surface area is 177 Å². The Hall–Kier alpha value is -2.99. The van der Waals surface area contributed by atoms with Crippen LogP contribution in [-0.2, 0) is 16.6 Å². The van der Waals surface area contributed by atoms with Gasteiger partial charge < -0.3 is 24.1 Å². The normalized spacial score (nSPS) is 12.0. The minimum atomic E-state index is -0.137. The SMILES string of the molecule is COCCCNC(=O)CC(c1cc(OC)cc(OC)c1)c1cn(C)c2ccccc12. The Morgan fingerprint density at radius 2 is 1.77 bits per heavy atom. The molecule has 1 amide bonds. The van der Waals surface area contributed by atoms with Gasteiger partial charge in [-0.15, -0.1) is 0 Å². The van der Waals surface area contributed by atoms with Gasteiger partial charge in [0.2, 0.25) is 5.91 Å². The quantitative estimate of drug-likeness (QED) is 0.516. The summed E-state index contributed by atoms with van der Waals surface area (Å²) in [6, 6.07) is 14.0. The van der Waals surface area contributed by atoms with Crippen LogP contribution in [0.5, 0.6) is 11.5 Å². The van der Waals surface area contributed by atoms with E-state index in [-0.39, 0.29) is 11.8 Å². The van der Waals surface area contributed by atoms with Crippen LogP contribution in [0.4, 0.5) is 0 Å². The molecule has 1 heterocycles. The van der Waals surface area contributed by atoms with Gasteiger partial charge in [-0.3, -0.25) is 4.79 Å². The molecule has 30 heavy (non-hydrogen) atoms. The van der Waals surface area contributed by atoms with Crippen molar-refractivity contribution >= 4 is 16.8 Å². The monoisotopic (exact) mass is 410 g/mol. The molecule has 0 aliphatic carbocycles. The molecule has 1 unspecified atom stereocenters. The zero-order valence-corrected chi connectivity index (χ0v) is 18.1. The number of hydrogen-bond acceptors (Lipinski definition) is 4. The number of hydrogen-bond donors (Lipinski definition) is 1. The molecule has 0 saturated heterocycles. The van der Waals surface area contributed by atoms with Crippen molar-refractivity contribution in [2.24, 2.45) is 7.05 Å². The summed E-state index contributed by atoms with van der Waals surface area (Å²) >= 11 is 0. The van der Waals surface area contributed by atoms with Crippen molar-refractivity contribution < 1.29 is 19.0 Å². The molecule has 3 rings (SSSR count). The summed E-state index contributed by atoms with van der Waals surface area (Å²) in [5.41, 5.74) is 3.22. The van der Waals surface area contributed by atoms with E-state index in [9.17, 15) is 4.79 Å². The van der Waals surface area contributed by atoms with Crippen molar-refractivity contribution in [2.75, 3.05) is 34.5 Å². The first kappa shape index (κ1) is 21.7. The van der Waals surface area contributed by atoms with Crippen LogP contribution in [0.2, 0.25) is 0 Å². The molecule has 3 aromatic rings. The first-order valence-electron chi connectivity index (χ1n) is 10.1. The minimum absolute atomic E-state index is 0.00539. The molecular weight excluding hydrogens is 380 g/mol. The minimum Gasteiger partial charge on any atom is -0.497 e. The number of ether oxygens (including phenoxy) is 3. The number of carbonyl (C=O) groups is 1. The van der Waals surface area contributed by atoms with Crippen LogP contribution in [0.3, 0.4) is 0 Å². The van der Waals surface area contributed by atoms with E-state index in [2.05, 4.69) is 28.2 Å². The average molecular weight is 411 g/mol. The molecule has 0 fully saturated rings. The van der Waals surface area contributed by atoms with Gasteiger partial charge in [-0.1, -0.05) is 18.2 Å². The predicted molar refractivity (Wildman–Crippen MR) is 118 cm³/mol. The molecule has 0 radical (unpaired) electrons. The van der Waals surface area contributed by atoms with Crippen molar-refractivity contribution in [1.29, 1.82) is 0 Å². The summed E-state index contributed by atoms with van der Waals surface area (Å²) in [6.45, 7) is 1.22. The second-order valence-corrected chi connectivity index (χ2v) is 7.31. The number of fused-ring (bicyclic) bond motifs is 1. The van der Waals surface area contributed by atoms with Crippen LogP contribution in [0.25, 0.3) is 10.9 Å². The zero-order valence-electron chi connectivity index (χ0n) is 18.1. The first-order valence-corrected chi connectivity index (χ1v) is 10.1. The molecule has 1 N–H and O–H groups in total. The number of rotatable bonds is 10. The summed E-state index contributed by atoms with van der Waals surface area (Å²) in [7, 11) is 6.95. The lowest BCUT2D eigenvalue weighted by atomic mass is 9.87. The van der Waals surface area contributed by atoms with Gasteiger partial charge in [-0.05, 0) is 35.7 Å². The van der Waals surface area contributed by atoms with E-state index in [1.165, 1.54) is 0 Å². The smallest absolute Gasteiger partial charge is 0.220 e. The van der Waals surface area contributed by atoms with Crippen LogP contribution in [0, 0.1) is 0 Å². The number of amides is 1. The fourth-order valence-electron chi connectivity index (χ4n) is 3.79. The van der Waals surface area contributed by atoms with E-state index in [1.807, 2.05) is 37.4 Å². The maximum absolute atomic E-state index is 12.8. The molecule has 0 bridgehead atoms. The van der Waals surface area contributed by atoms with Gasteiger partial charge in [0.1, 0.15) is 11.5 Å². The summed E-state index contributed by atoms with van der Waals surface area (Å²) in [6.07, 6.45) is 3.23. The van der Waals surface area contributed by atoms with Gasteiger partial charge in [-0.25, -0.2) is 0 Å². The molecule has 6 nitrogen and oxygen atoms in total. The number of nitrogens with one attached hydrogen (secondary N) is 1. The Morgan fingerprint density at radius 3 is 2.43 bits per heavy atom. The molecule has 2 aromatic carbocycles. The zero-order chi connectivity index (χ0) is 21.5. The fourth-order valence-corrected chi connectivity index (χ4v) is 3.79. The molecule has 0 saturated carbocycles. The Morgan fingerprint density at radius 1 is 1.07 bits per heavy atom. The van der Waals surface area contributed by atoms with Crippen LogP contribution < -0.4 is 14.8 Å². The molecule has 6 heteroatoms. The lowest BCUT2D eigenvalue weighted by Gasteiger charge is -2.19. The van der Waals surface area contributed by atoms with Gasteiger partial charge in [0, 0.05) is 62.8 Å². The maximum atomic E-state index is 12.8. The number of aryl methyl sites for hydroxylation is 1. The fraction of sp³-hybridized carbons (Fsp3) is 0.375. The number of methoxy groups -OCH3 is 3. The van der Waals surface area contributed by atoms with Crippen LogP contribution in [0.15, 0.2) is 48.7 Å². The molecule has 0 aliphatic rings. The Bertz CT molecular complexity index is 974. The molecular formula is C24H30N2O4. The van der Waals surface area contributed by atoms with Gasteiger partial charge in [-0.2, -0.15) is 0 Å². The lowest BCUT2D eigenvalue weighted by molar-refractivity contribution is -0.121. The highest BCUT2D eigenvalue weighted by Crippen LogP contribution is 2.37. The average Bonchev–Trinajstić information content (AvgIpc) is 3.11. The van der Waals surface area contributed by atoms with Crippen LogP contribution in [-0.4, -0.2) is 45.0 Å². The molecule has 0 aliphatic heterocycles. The Kier molecular flexibility index (Phi) is 7.36. The summed E-state index contributed by atoms with van der Waals surface area (Å²) < 4.78 is 18.1. The third-order valence-electron chi connectivity index (χ3n) is 5.32. The number of benzene rings is 2. The summed E-state index contributed by atoms with van der Waals surface area (Å²) in [5, 5.41) is 4.15. The van der Waals surface area contributed by atoms with E-state index in [4.69, 9.17) is 14.2 Å². The number of para-hydroxylation sites is 1. The second kappa shape index (κ2) is 10.2. The van der Waals surface area contributed by atoms with Gasteiger partial charge in [0.05, 0.1) is 14.2 Å². The topological polar surface area (TPSA) is 61.7 Å². The molecule has 1 aromatic heterocycles. The first-order chi connectivity index (χ1) is 14.6. The lowest BCUT2D eigenvalue weighted by Crippen LogP contribution is -2.27. The highest BCUT2D eigenvalue weighted by atomic mass is 16.5. The standard InChI is InChI=1S/C24H30N2O4/c1-26-16-22(20-8-5-6-9-23(20)26)21(15-24(27)25-10-7-11-28-2)17-12-18(29-3)14-19(13-17)30-4/h5-6,8-9,12-14,16,21H,7,10-11,15H2,1-4H3,(H,25,27). The predicted octanol–water partition coefficient (Wildman–Crippen LogP) is 3.87. The molecule has 160 valence electrons. The third-order valence-corrected chi connectivity index (χ3v) is 5.32. The molecule has 0 spiro atoms. The van der Waals surface area contributed by atoms with Gasteiger partial charge in [0.25, 0.3) is 0 Å². The number of nitrogens with zero attached hydrogens (tertiary/aromatic N) is 1. The van der Waals surface area contributed by atoms with E-state index >= 15 is 0 Å². The van der Waals surface area contributed by atoms with Crippen molar-refractivity contribution in [3.63, 3.8) is 0 Å². The summed E-state index contributed by atoms with van der Waals surface area (Å²) in [5.74, 6) is 1.28. The van der Waals surface area contributed by atoms with E-state index in [1.54, 1.807) is 21.3 Å². The van der Waals surface area contributed by atoms with E-state index in [0.29, 0.717) is 31.1 Å². The van der Waals surface area contributed by atoms with E-state index in [0.717, 1.165) is 28.5 Å². The second-order valence-electron chi connectivity index (χ2n) is 7.31. The van der Waals surface area contributed by atoms with Crippen molar-refractivity contribution in [1.82, 2.24) is 9.88 Å². The van der Waals surface area contributed by atoms with Crippen molar-refractivity contribution in [3.8, 4) is 11.5 Å². The van der Waals surface area contributed by atoms with Crippen molar-refractivity contribution in [3.05, 3.63) is 59.8 Å². The van der Waals surface area contributed by atoms with Gasteiger partial charge in [0.15, 0.2) is 0 Å². The number of carbonyl (C=O) groups excluding carboxylic acids is 1. The highest BCUT2D eigenvalue weighted by molar-refractivity contribution is 5.86. The van der Waals surface area contributed by atoms with Crippen molar-refractivity contribution in [2.45, 2.75) is 18.8 Å². The van der Waals surface area contributed by atoms with Crippen LogP contribution in [0.1, 0.15) is 29.9 Å².